The highest BCUT2D eigenvalue weighted by atomic mass is 32.2. The standard InChI is InChI=1S/C19H30O5S/c1-3-4-7-17(24-19-8-5-6-14-22-19)13-15-23-25(20,21)18-11-9-16(2)10-12-18/h9-12,17,19H,3-8,13-15H2,1-2H3/t17-,19?/m0/s1. The van der Waals surface area contributed by atoms with Crippen molar-refractivity contribution in [1.82, 2.24) is 0 Å². The van der Waals surface area contributed by atoms with Crippen LogP contribution in [0.2, 0.25) is 0 Å². The Balaban J connectivity index is 1.84. The van der Waals surface area contributed by atoms with Crippen LogP contribution in [0, 0.1) is 6.92 Å². The van der Waals surface area contributed by atoms with Crippen LogP contribution in [0.4, 0.5) is 0 Å². The first-order chi connectivity index (χ1) is 12.0. The molecule has 0 aromatic heterocycles. The highest BCUT2D eigenvalue weighted by Crippen LogP contribution is 2.20. The van der Waals surface area contributed by atoms with E-state index in [4.69, 9.17) is 13.7 Å². The predicted octanol–water partition coefficient (Wildman–Crippen LogP) is 4.19. The molecule has 0 amide bonds. The summed E-state index contributed by atoms with van der Waals surface area (Å²) in [5, 5.41) is 0. The molecule has 1 unspecified atom stereocenters. The molecule has 1 aliphatic rings. The van der Waals surface area contributed by atoms with Gasteiger partial charge >= 0.3 is 0 Å². The molecule has 25 heavy (non-hydrogen) atoms. The van der Waals surface area contributed by atoms with E-state index < -0.39 is 10.1 Å². The number of hydrogen-bond donors (Lipinski definition) is 0. The number of rotatable bonds is 10. The van der Waals surface area contributed by atoms with E-state index in [1.807, 2.05) is 6.92 Å². The average Bonchev–Trinajstić information content (AvgIpc) is 2.60. The molecule has 0 saturated carbocycles. The normalized spacial score (nSPS) is 19.7. The summed E-state index contributed by atoms with van der Waals surface area (Å²) >= 11 is 0. The van der Waals surface area contributed by atoms with Gasteiger partial charge in [0.15, 0.2) is 6.29 Å². The maximum atomic E-state index is 12.2. The molecule has 0 N–H and O–H groups in total. The third kappa shape index (κ3) is 7.05. The molecule has 1 saturated heterocycles. The lowest BCUT2D eigenvalue weighted by Gasteiger charge is -2.27. The predicted molar refractivity (Wildman–Crippen MR) is 96.9 cm³/mol. The van der Waals surface area contributed by atoms with Crippen molar-refractivity contribution in [2.45, 2.75) is 76.1 Å². The van der Waals surface area contributed by atoms with Crippen molar-refractivity contribution < 1.29 is 22.1 Å². The fourth-order valence-corrected chi connectivity index (χ4v) is 3.73. The van der Waals surface area contributed by atoms with Gasteiger partial charge in [0.05, 0.1) is 17.6 Å². The molecule has 1 aromatic rings. The molecule has 2 rings (SSSR count). The Morgan fingerprint density at radius 1 is 1.20 bits per heavy atom. The number of benzene rings is 1. The van der Waals surface area contributed by atoms with Gasteiger partial charge in [-0.3, -0.25) is 4.18 Å². The van der Waals surface area contributed by atoms with Crippen molar-refractivity contribution in [2.75, 3.05) is 13.2 Å². The smallest absolute Gasteiger partial charge is 0.296 e. The highest BCUT2D eigenvalue weighted by molar-refractivity contribution is 7.86. The van der Waals surface area contributed by atoms with E-state index in [1.165, 1.54) is 0 Å². The lowest BCUT2D eigenvalue weighted by molar-refractivity contribution is -0.191. The van der Waals surface area contributed by atoms with Gasteiger partial charge in [0.1, 0.15) is 0 Å². The van der Waals surface area contributed by atoms with Crippen LogP contribution in [0.5, 0.6) is 0 Å². The van der Waals surface area contributed by atoms with E-state index in [1.54, 1.807) is 24.3 Å². The molecule has 0 bridgehead atoms. The van der Waals surface area contributed by atoms with Crippen molar-refractivity contribution in [3.63, 3.8) is 0 Å². The Labute approximate surface area is 151 Å². The molecule has 5 nitrogen and oxygen atoms in total. The molecule has 142 valence electrons. The number of aryl methyl sites for hydroxylation is 1. The summed E-state index contributed by atoms with van der Waals surface area (Å²) in [4.78, 5) is 0.194. The molecule has 0 radical (unpaired) electrons. The van der Waals surface area contributed by atoms with Gasteiger partial charge in [-0.25, -0.2) is 0 Å². The molecular weight excluding hydrogens is 340 g/mol. The average molecular weight is 371 g/mol. The maximum Gasteiger partial charge on any atom is 0.296 e. The van der Waals surface area contributed by atoms with Crippen molar-refractivity contribution in [1.29, 1.82) is 0 Å². The molecule has 1 heterocycles. The summed E-state index contributed by atoms with van der Waals surface area (Å²) in [6.07, 6.45) is 6.47. The van der Waals surface area contributed by atoms with E-state index in [0.717, 1.165) is 50.7 Å². The number of hydrogen-bond acceptors (Lipinski definition) is 5. The van der Waals surface area contributed by atoms with Crippen molar-refractivity contribution in [2.24, 2.45) is 0 Å². The number of unbranched alkanes of at least 4 members (excludes halogenated alkanes) is 1. The lowest BCUT2D eigenvalue weighted by Crippen LogP contribution is -2.29. The van der Waals surface area contributed by atoms with Crippen molar-refractivity contribution in [3.05, 3.63) is 29.8 Å². The highest BCUT2D eigenvalue weighted by Gasteiger charge is 2.21. The Morgan fingerprint density at radius 2 is 1.96 bits per heavy atom. The van der Waals surface area contributed by atoms with Gasteiger partial charge in [0.2, 0.25) is 0 Å². The zero-order valence-corrected chi connectivity index (χ0v) is 16.1. The zero-order chi connectivity index (χ0) is 18.1. The van der Waals surface area contributed by atoms with Crippen LogP contribution in [0.15, 0.2) is 29.2 Å². The fourth-order valence-electron chi connectivity index (χ4n) is 2.81. The van der Waals surface area contributed by atoms with Gasteiger partial charge < -0.3 is 9.47 Å². The molecule has 0 aliphatic carbocycles. The summed E-state index contributed by atoms with van der Waals surface area (Å²) in [6, 6.07) is 6.69. The van der Waals surface area contributed by atoms with E-state index in [0.29, 0.717) is 6.42 Å². The minimum Gasteiger partial charge on any atom is -0.353 e. The van der Waals surface area contributed by atoms with Crippen LogP contribution in [-0.4, -0.2) is 34.0 Å². The van der Waals surface area contributed by atoms with Crippen LogP contribution >= 0.6 is 0 Å². The molecule has 1 fully saturated rings. The quantitative estimate of drug-likeness (QED) is 0.578. The Kier molecular flexibility index (Phi) is 8.36. The van der Waals surface area contributed by atoms with Crippen LogP contribution < -0.4 is 0 Å². The fraction of sp³-hybridized carbons (Fsp3) is 0.684. The minimum absolute atomic E-state index is 0.0312. The second kappa shape index (κ2) is 10.3. The first-order valence-corrected chi connectivity index (χ1v) is 10.7. The maximum absolute atomic E-state index is 12.2. The summed E-state index contributed by atoms with van der Waals surface area (Å²) in [7, 11) is -3.71. The van der Waals surface area contributed by atoms with Gasteiger partial charge in [-0.2, -0.15) is 8.42 Å². The van der Waals surface area contributed by atoms with E-state index in [9.17, 15) is 8.42 Å². The van der Waals surface area contributed by atoms with Gasteiger partial charge in [-0.1, -0.05) is 37.5 Å². The molecular formula is C19H30O5S. The third-order valence-corrected chi connectivity index (χ3v) is 5.68. The van der Waals surface area contributed by atoms with Crippen molar-refractivity contribution in [3.8, 4) is 0 Å². The summed E-state index contributed by atoms with van der Waals surface area (Å²) in [5.74, 6) is 0. The Morgan fingerprint density at radius 3 is 2.60 bits per heavy atom. The van der Waals surface area contributed by atoms with Gasteiger partial charge in [0, 0.05) is 6.61 Å². The molecule has 2 atom stereocenters. The minimum atomic E-state index is -3.71. The first kappa shape index (κ1) is 20.4. The Bertz CT molecular complexity index is 591. The largest absolute Gasteiger partial charge is 0.353 e. The second-order valence-electron chi connectivity index (χ2n) is 6.57. The van der Waals surface area contributed by atoms with E-state index in [2.05, 4.69) is 6.92 Å². The van der Waals surface area contributed by atoms with E-state index in [-0.39, 0.29) is 23.9 Å². The van der Waals surface area contributed by atoms with Crippen LogP contribution in [0.3, 0.4) is 0 Å². The lowest BCUT2D eigenvalue weighted by atomic mass is 10.1. The van der Waals surface area contributed by atoms with Gasteiger partial charge in [-0.15, -0.1) is 0 Å². The summed E-state index contributed by atoms with van der Waals surface area (Å²) in [6.45, 7) is 4.91. The molecule has 0 spiro atoms. The summed E-state index contributed by atoms with van der Waals surface area (Å²) < 4.78 is 41.4. The molecule has 6 heteroatoms. The number of ether oxygens (including phenoxy) is 2. The van der Waals surface area contributed by atoms with Gasteiger partial charge in [0.25, 0.3) is 10.1 Å². The monoisotopic (exact) mass is 370 g/mol. The van der Waals surface area contributed by atoms with Crippen molar-refractivity contribution >= 4 is 10.1 Å². The summed E-state index contributed by atoms with van der Waals surface area (Å²) in [5.41, 5.74) is 1.01. The van der Waals surface area contributed by atoms with E-state index >= 15 is 0 Å². The van der Waals surface area contributed by atoms with Crippen LogP contribution in [-0.2, 0) is 23.8 Å². The third-order valence-electron chi connectivity index (χ3n) is 4.35. The Hall–Kier alpha value is -0.950. The molecule has 1 aromatic carbocycles. The van der Waals surface area contributed by atoms with Crippen LogP contribution in [0.1, 0.15) is 57.4 Å². The molecule has 1 aliphatic heterocycles. The zero-order valence-electron chi connectivity index (χ0n) is 15.3. The van der Waals surface area contributed by atoms with Gasteiger partial charge in [-0.05, 0) is 51.2 Å². The SMILES string of the molecule is CCCC[C@@H](CCOS(=O)(=O)c1ccc(C)cc1)OC1CCCCO1. The first-order valence-electron chi connectivity index (χ1n) is 9.24. The van der Waals surface area contributed by atoms with Crippen LogP contribution in [0.25, 0.3) is 0 Å². The topological polar surface area (TPSA) is 61.8 Å². The second-order valence-corrected chi connectivity index (χ2v) is 8.19.